The van der Waals surface area contributed by atoms with Gasteiger partial charge in [0.15, 0.2) is 0 Å². The molecule has 2 N–H and O–H groups in total. The molecule has 0 aliphatic heterocycles. The van der Waals surface area contributed by atoms with Crippen LogP contribution >= 0.6 is 0 Å². The average molecular weight is 752 g/mol. The highest BCUT2D eigenvalue weighted by molar-refractivity contribution is 5.98. The van der Waals surface area contributed by atoms with Crippen LogP contribution in [0, 0.1) is 0 Å². The molecule has 0 unspecified atom stereocenters. The van der Waals surface area contributed by atoms with Crippen LogP contribution in [0.2, 0.25) is 0 Å². The number of rotatable bonds is 20. The number of carboxylic acid groups (broad SMARTS) is 1. The summed E-state index contributed by atoms with van der Waals surface area (Å²) >= 11 is 0. The maximum absolute atomic E-state index is 13.7. The van der Waals surface area contributed by atoms with Gasteiger partial charge in [-0.05, 0) is 85.7 Å². The van der Waals surface area contributed by atoms with Gasteiger partial charge in [0.1, 0.15) is 18.0 Å². The van der Waals surface area contributed by atoms with E-state index in [0.29, 0.717) is 23.6 Å². The zero-order chi connectivity index (χ0) is 39.7. The summed E-state index contributed by atoms with van der Waals surface area (Å²) < 4.78 is 57.0. The Balaban J connectivity index is 1.61. The van der Waals surface area contributed by atoms with Gasteiger partial charge < -0.3 is 29.5 Å². The second kappa shape index (κ2) is 20.9. The molecule has 1 aromatic heterocycles. The molecule has 3 aromatic rings. The minimum absolute atomic E-state index is 0.00536. The van der Waals surface area contributed by atoms with E-state index in [-0.39, 0.29) is 34.8 Å². The Morgan fingerprint density at radius 3 is 2.11 bits per heavy atom. The highest BCUT2D eigenvalue weighted by atomic mass is 19.4. The van der Waals surface area contributed by atoms with Gasteiger partial charge >= 0.3 is 18.1 Å². The van der Waals surface area contributed by atoms with Crippen LogP contribution in [0.15, 0.2) is 102 Å². The van der Waals surface area contributed by atoms with Gasteiger partial charge in [0.05, 0.1) is 49.0 Å². The highest BCUT2D eigenvalue weighted by Crippen LogP contribution is 2.30. The molecule has 2 amide bonds. The summed E-state index contributed by atoms with van der Waals surface area (Å²) in [5.41, 5.74) is -0.625. The minimum Gasteiger partial charge on any atom is -0.501 e. The van der Waals surface area contributed by atoms with Gasteiger partial charge in [-0.25, -0.2) is 4.79 Å². The number of methoxy groups -OCH3 is 1. The van der Waals surface area contributed by atoms with Crippen molar-refractivity contribution in [3.8, 4) is 11.5 Å². The molecule has 0 bridgehead atoms. The van der Waals surface area contributed by atoms with Crippen LogP contribution in [0.3, 0.4) is 0 Å². The van der Waals surface area contributed by atoms with Crippen LogP contribution in [0.4, 0.5) is 13.2 Å². The van der Waals surface area contributed by atoms with E-state index in [9.17, 15) is 37.5 Å². The first-order valence-electron chi connectivity index (χ1n) is 17.2. The number of ether oxygens (including phenoxy) is 3. The molecule has 0 saturated heterocycles. The smallest absolute Gasteiger partial charge is 0.416 e. The van der Waals surface area contributed by atoms with Crippen molar-refractivity contribution in [2.45, 2.75) is 58.7 Å². The maximum atomic E-state index is 13.7. The van der Waals surface area contributed by atoms with Gasteiger partial charge in [-0.15, -0.1) is 0 Å². The summed E-state index contributed by atoms with van der Waals surface area (Å²) in [5.74, 6) is -2.52. The van der Waals surface area contributed by atoms with Gasteiger partial charge in [0.2, 0.25) is 0 Å². The molecule has 0 fully saturated rings. The number of aliphatic carboxylic acids is 1. The summed E-state index contributed by atoms with van der Waals surface area (Å²) in [6.07, 6.45) is 3.94. The van der Waals surface area contributed by atoms with Crippen molar-refractivity contribution in [2.24, 2.45) is 0 Å². The molecule has 2 aromatic carbocycles. The van der Waals surface area contributed by atoms with Crippen molar-refractivity contribution in [3.05, 3.63) is 125 Å². The Labute approximate surface area is 312 Å². The standard InChI is InChI=1S/C40H44F3N3O8/c1-5-7-8-9-10-21-53-33-18-15-31(16-19-33)39(51)54-34-20-17-32(44-24-34)25-46(26-36(47)48)38(50)30-13-11-29(12-14-30)37(49)45-23-28(6-2)35(40(41,42)43)22-27(3)52-4/h6,11-20,22,24H,2,5,7-10,21,23,25-26H2,1,3-4H3,(H,45,49)(H,47,48). The third kappa shape index (κ3) is 13.6. The Morgan fingerprint density at radius 1 is 0.907 bits per heavy atom. The first kappa shape index (κ1) is 42.5. The number of nitrogens with one attached hydrogen (secondary N) is 1. The number of unbranched alkanes of at least 4 members (excludes halogenated alkanes) is 4. The Hall–Kier alpha value is -5.92. The minimum atomic E-state index is -4.74. The van der Waals surface area contributed by atoms with Gasteiger partial charge in [-0.1, -0.05) is 45.3 Å². The van der Waals surface area contributed by atoms with Crippen LogP contribution < -0.4 is 14.8 Å². The van der Waals surface area contributed by atoms with Gasteiger partial charge in [0, 0.05) is 17.7 Å². The van der Waals surface area contributed by atoms with Gasteiger partial charge in [0.25, 0.3) is 11.8 Å². The Morgan fingerprint density at radius 2 is 1.54 bits per heavy atom. The van der Waals surface area contributed by atoms with Crippen molar-refractivity contribution in [1.29, 1.82) is 0 Å². The van der Waals surface area contributed by atoms with E-state index < -0.39 is 48.6 Å². The largest absolute Gasteiger partial charge is 0.501 e. The number of carboxylic acids is 1. The Kier molecular flexibility index (Phi) is 16.5. The van der Waals surface area contributed by atoms with Crippen LogP contribution in [-0.2, 0) is 16.1 Å². The van der Waals surface area contributed by atoms with Crippen molar-refractivity contribution >= 4 is 23.8 Å². The van der Waals surface area contributed by atoms with Crippen molar-refractivity contribution in [1.82, 2.24) is 15.2 Å². The van der Waals surface area contributed by atoms with Gasteiger partial charge in [-0.3, -0.25) is 19.4 Å². The SMILES string of the molecule is C=CC(CNC(=O)c1ccc(C(=O)N(CC(=O)O)Cc2ccc(OC(=O)c3ccc(OCCCCCCC)cc3)cn2)cc1)=C(C=C(C)OC)C(F)(F)F. The first-order valence-corrected chi connectivity index (χ1v) is 17.2. The lowest BCUT2D eigenvalue weighted by atomic mass is 10.1. The normalized spacial score (nSPS) is 11.9. The number of esters is 1. The number of halogens is 3. The molecule has 288 valence electrons. The summed E-state index contributed by atoms with van der Waals surface area (Å²) in [6, 6.07) is 14.7. The van der Waals surface area contributed by atoms with E-state index in [0.717, 1.165) is 29.9 Å². The zero-order valence-electron chi connectivity index (χ0n) is 30.4. The Bertz CT molecular complexity index is 1800. The molecule has 14 heteroatoms. The molecule has 0 aliphatic rings. The van der Waals surface area contributed by atoms with Crippen LogP contribution in [0.1, 0.15) is 82.7 Å². The lowest BCUT2D eigenvalue weighted by molar-refractivity contribution is -0.137. The number of hydrogen-bond donors (Lipinski definition) is 2. The molecule has 11 nitrogen and oxygen atoms in total. The summed E-state index contributed by atoms with van der Waals surface area (Å²) in [7, 11) is 1.23. The third-order valence-corrected chi connectivity index (χ3v) is 7.98. The fourth-order valence-corrected chi connectivity index (χ4v) is 4.99. The zero-order valence-corrected chi connectivity index (χ0v) is 30.4. The molecule has 0 saturated carbocycles. The third-order valence-electron chi connectivity index (χ3n) is 7.98. The van der Waals surface area contributed by atoms with Crippen LogP contribution in [0.25, 0.3) is 0 Å². The monoisotopic (exact) mass is 751 g/mol. The highest BCUT2D eigenvalue weighted by Gasteiger charge is 2.34. The number of pyridine rings is 1. The summed E-state index contributed by atoms with van der Waals surface area (Å²) in [6.45, 7) is 6.16. The fraction of sp³-hybridized carbons (Fsp3) is 0.325. The number of nitrogens with zero attached hydrogens (tertiary/aromatic N) is 2. The molecule has 0 atom stereocenters. The number of carbonyl (C=O) groups is 4. The second-order valence-electron chi connectivity index (χ2n) is 12.1. The molecule has 3 rings (SSSR count). The topological polar surface area (TPSA) is 144 Å². The molecular weight excluding hydrogens is 707 g/mol. The van der Waals surface area contributed by atoms with Crippen molar-refractivity contribution < 1.29 is 51.7 Å². The van der Waals surface area contributed by atoms with Gasteiger partial charge in [-0.2, -0.15) is 13.2 Å². The number of hydrogen-bond acceptors (Lipinski definition) is 8. The van der Waals surface area contributed by atoms with Crippen molar-refractivity contribution in [2.75, 3.05) is 26.8 Å². The number of carbonyl (C=O) groups excluding carboxylic acids is 3. The van der Waals surface area contributed by atoms with Crippen LogP contribution in [-0.4, -0.2) is 71.7 Å². The predicted molar refractivity (Wildman–Crippen MR) is 195 cm³/mol. The first-order chi connectivity index (χ1) is 25.7. The molecule has 54 heavy (non-hydrogen) atoms. The number of allylic oxidation sites excluding steroid dienone is 3. The maximum Gasteiger partial charge on any atom is 0.416 e. The summed E-state index contributed by atoms with van der Waals surface area (Å²) in [4.78, 5) is 55.6. The molecule has 0 aliphatic carbocycles. The van der Waals surface area contributed by atoms with Crippen molar-refractivity contribution in [3.63, 3.8) is 0 Å². The fourth-order valence-electron chi connectivity index (χ4n) is 4.99. The predicted octanol–water partition coefficient (Wildman–Crippen LogP) is 7.70. The van der Waals surface area contributed by atoms with E-state index in [2.05, 4.69) is 23.8 Å². The lowest BCUT2D eigenvalue weighted by Crippen LogP contribution is -2.35. The number of benzene rings is 2. The van der Waals surface area contributed by atoms with E-state index in [4.69, 9.17) is 14.2 Å². The van der Waals surface area contributed by atoms with E-state index in [1.165, 1.54) is 75.9 Å². The van der Waals surface area contributed by atoms with E-state index in [1.807, 2.05) is 0 Å². The average Bonchev–Trinajstić information content (AvgIpc) is 3.15. The molecule has 0 radical (unpaired) electrons. The molecule has 0 spiro atoms. The summed E-state index contributed by atoms with van der Waals surface area (Å²) in [5, 5.41) is 11.9. The number of amides is 2. The molecular formula is C40H44F3N3O8. The molecule has 1 heterocycles. The second-order valence-corrected chi connectivity index (χ2v) is 12.1. The van der Waals surface area contributed by atoms with Crippen LogP contribution in [0.5, 0.6) is 11.5 Å². The van der Waals surface area contributed by atoms with E-state index >= 15 is 0 Å². The number of alkyl halides is 3. The number of aromatic nitrogens is 1. The quantitative estimate of drug-likeness (QED) is 0.0514. The van der Waals surface area contributed by atoms with E-state index in [1.54, 1.807) is 24.3 Å². The lowest BCUT2D eigenvalue weighted by Gasteiger charge is -2.20.